The van der Waals surface area contributed by atoms with Gasteiger partial charge in [0.15, 0.2) is 0 Å². The molecule has 2 saturated heterocycles. The van der Waals surface area contributed by atoms with Gasteiger partial charge in [0.1, 0.15) is 0 Å². The number of benzene rings is 1. The maximum absolute atomic E-state index is 12.6. The average molecular weight is 369 g/mol. The van der Waals surface area contributed by atoms with Crippen molar-refractivity contribution in [3.8, 4) is 0 Å². The second kappa shape index (κ2) is 7.41. The number of carbonyl (C=O) groups is 1. The molecule has 4 rings (SSSR count). The van der Waals surface area contributed by atoms with Crippen LogP contribution in [0.5, 0.6) is 0 Å². The van der Waals surface area contributed by atoms with Crippen LogP contribution in [0, 0.1) is 6.92 Å². The van der Waals surface area contributed by atoms with Gasteiger partial charge >= 0.3 is 0 Å². The molecule has 1 amide bonds. The van der Waals surface area contributed by atoms with Crippen LogP contribution in [0.3, 0.4) is 0 Å². The number of hydrogen-bond acceptors (Lipinski definition) is 4. The summed E-state index contributed by atoms with van der Waals surface area (Å²) in [5, 5.41) is 0. The Balaban J connectivity index is 1.25. The fourth-order valence-corrected chi connectivity index (χ4v) is 5.29. The number of hydrogen-bond donors (Lipinski definition) is 0. The van der Waals surface area contributed by atoms with Gasteiger partial charge in [-0.2, -0.15) is 0 Å². The van der Waals surface area contributed by atoms with E-state index in [9.17, 15) is 4.79 Å². The van der Waals surface area contributed by atoms with Crippen LogP contribution in [0.25, 0.3) is 0 Å². The first-order valence-corrected chi connectivity index (χ1v) is 10.1. The molecule has 0 N–H and O–H groups in total. The highest BCUT2D eigenvalue weighted by molar-refractivity contribution is 8.01. The first-order chi connectivity index (χ1) is 12.6. The van der Waals surface area contributed by atoms with Crippen molar-refractivity contribution in [3.05, 3.63) is 65.5 Å². The molecular weight excluding hydrogens is 344 g/mol. The molecule has 3 heterocycles. The molecule has 1 atom stereocenters. The van der Waals surface area contributed by atoms with Gasteiger partial charge in [0, 0.05) is 31.2 Å². The number of amides is 1. The van der Waals surface area contributed by atoms with E-state index in [2.05, 4.69) is 24.0 Å². The zero-order chi connectivity index (χ0) is 18.0. The molecule has 1 aromatic heterocycles. The van der Waals surface area contributed by atoms with Crippen molar-refractivity contribution in [2.45, 2.75) is 37.2 Å². The van der Waals surface area contributed by atoms with Gasteiger partial charge in [-0.15, -0.1) is 11.8 Å². The molecule has 0 aliphatic carbocycles. The van der Waals surface area contributed by atoms with Crippen LogP contribution in [-0.2, 0) is 22.6 Å². The second-order valence-corrected chi connectivity index (χ2v) is 8.83. The number of thioether (sulfide) groups is 1. The molecular formula is C21H24N2O2S. The van der Waals surface area contributed by atoms with Crippen LogP contribution in [0.2, 0.25) is 0 Å². The quantitative estimate of drug-likeness (QED) is 0.813. The van der Waals surface area contributed by atoms with E-state index in [4.69, 9.17) is 4.74 Å². The molecule has 2 fully saturated rings. The average Bonchev–Trinajstić information content (AvgIpc) is 3.06. The number of nitrogens with zero attached hydrogens (tertiary/aromatic N) is 2. The van der Waals surface area contributed by atoms with Crippen LogP contribution in [-0.4, -0.2) is 45.5 Å². The van der Waals surface area contributed by atoms with Crippen LogP contribution in [0.1, 0.15) is 23.1 Å². The minimum Gasteiger partial charge on any atom is -0.373 e. The Morgan fingerprint density at radius 3 is 2.92 bits per heavy atom. The van der Waals surface area contributed by atoms with E-state index in [1.165, 1.54) is 5.56 Å². The summed E-state index contributed by atoms with van der Waals surface area (Å²) in [7, 11) is 0. The van der Waals surface area contributed by atoms with Crippen molar-refractivity contribution in [2.75, 3.05) is 18.8 Å². The van der Waals surface area contributed by atoms with Gasteiger partial charge in [-0.05, 0) is 36.1 Å². The highest BCUT2D eigenvalue weighted by Gasteiger charge is 2.50. The molecule has 136 valence electrons. The number of pyridine rings is 1. The number of aromatic nitrogens is 1. The topological polar surface area (TPSA) is 42.4 Å². The third kappa shape index (κ3) is 3.79. The molecule has 2 aliphatic rings. The minimum atomic E-state index is 0.209. The maximum atomic E-state index is 12.6. The molecule has 0 radical (unpaired) electrons. The molecule has 5 heteroatoms. The zero-order valence-electron chi connectivity index (χ0n) is 15.1. The molecule has 2 aromatic rings. The Hall–Kier alpha value is -1.85. The lowest BCUT2D eigenvalue weighted by molar-refractivity contribution is -0.136. The highest BCUT2D eigenvalue weighted by atomic mass is 32.2. The van der Waals surface area contributed by atoms with Crippen molar-refractivity contribution in [3.63, 3.8) is 0 Å². The Labute approximate surface area is 159 Å². The van der Waals surface area contributed by atoms with E-state index < -0.39 is 0 Å². The standard InChI is InChI=1S/C21H24N2O2S/c1-16-5-2-3-7-18(16)9-20(24)23-14-21(15-23)10-19(13-26-21)25-12-17-6-4-8-22-11-17/h2-8,11,19H,9-10,12-15H2,1H3/t19-/m0/s1. The summed E-state index contributed by atoms with van der Waals surface area (Å²) in [5.41, 5.74) is 3.44. The summed E-state index contributed by atoms with van der Waals surface area (Å²) in [6.07, 6.45) is 5.45. The molecule has 26 heavy (non-hydrogen) atoms. The molecule has 0 saturated carbocycles. The van der Waals surface area contributed by atoms with Gasteiger partial charge < -0.3 is 9.64 Å². The molecule has 1 aromatic carbocycles. The molecule has 4 nitrogen and oxygen atoms in total. The predicted octanol–water partition coefficient (Wildman–Crippen LogP) is 3.24. The first-order valence-electron chi connectivity index (χ1n) is 9.10. The Kier molecular flexibility index (Phi) is 5.00. The Morgan fingerprint density at radius 1 is 1.31 bits per heavy atom. The van der Waals surface area contributed by atoms with Crippen LogP contribution in [0.15, 0.2) is 48.8 Å². The Morgan fingerprint density at radius 2 is 2.15 bits per heavy atom. The van der Waals surface area contributed by atoms with Crippen molar-refractivity contribution in [2.24, 2.45) is 0 Å². The van der Waals surface area contributed by atoms with Gasteiger partial charge in [0.25, 0.3) is 0 Å². The lowest BCUT2D eigenvalue weighted by Crippen LogP contribution is -2.61. The van der Waals surface area contributed by atoms with Gasteiger partial charge in [-0.25, -0.2) is 0 Å². The van der Waals surface area contributed by atoms with Crippen molar-refractivity contribution in [1.29, 1.82) is 0 Å². The van der Waals surface area contributed by atoms with Crippen LogP contribution >= 0.6 is 11.8 Å². The highest BCUT2D eigenvalue weighted by Crippen LogP contribution is 2.46. The summed E-state index contributed by atoms with van der Waals surface area (Å²) in [5.74, 6) is 1.25. The van der Waals surface area contributed by atoms with E-state index in [1.807, 2.05) is 47.1 Å². The van der Waals surface area contributed by atoms with E-state index in [0.29, 0.717) is 13.0 Å². The van der Waals surface area contributed by atoms with E-state index >= 15 is 0 Å². The molecule has 1 spiro atoms. The second-order valence-electron chi connectivity index (χ2n) is 7.35. The van der Waals surface area contributed by atoms with Crippen molar-refractivity contribution >= 4 is 17.7 Å². The molecule has 0 unspecified atom stereocenters. The third-order valence-electron chi connectivity index (χ3n) is 5.30. The molecule has 0 bridgehead atoms. The van der Waals surface area contributed by atoms with Crippen molar-refractivity contribution in [1.82, 2.24) is 9.88 Å². The summed E-state index contributed by atoms with van der Waals surface area (Å²) in [4.78, 5) is 18.7. The Bertz CT molecular complexity index is 775. The fraction of sp³-hybridized carbons (Fsp3) is 0.429. The lowest BCUT2D eigenvalue weighted by Gasteiger charge is -2.47. The maximum Gasteiger partial charge on any atom is 0.227 e. The minimum absolute atomic E-state index is 0.209. The zero-order valence-corrected chi connectivity index (χ0v) is 15.9. The number of rotatable bonds is 5. The predicted molar refractivity (Wildman–Crippen MR) is 104 cm³/mol. The SMILES string of the molecule is Cc1ccccc1CC(=O)N1CC2(C[C@H](OCc3cccnc3)CS2)C1. The monoisotopic (exact) mass is 368 g/mol. The van der Waals surface area contributed by atoms with E-state index in [0.717, 1.165) is 36.4 Å². The summed E-state index contributed by atoms with van der Waals surface area (Å²) in [6.45, 7) is 4.40. The van der Waals surface area contributed by atoms with Crippen LogP contribution in [0.4, 0.5) is 0 Å². The largest absolute Gasteiger partial charge is 0.373 e. The van der Waals surface area contributed by atoms with Gasteiger partial charge in [0.2, 0.25) is 5.91 Å². The first kappa shape index (κ1) is 17.6. The smallest absolute Gasteiger partial charge is 0.227 e. The number of likely N-dealkylation sites (tertiary alicyclic amines) is 1. The third-order valence-corrected chi connectivity index (χ3v) is 6.87. The van der Waals surface area contributed by atoms with E-state index in [1.54, 1.807) is 6.20 Å². The number of aryl methyl sites for hydroxylation is 1. The summed E-state index contributed by atoms with van der Waals surface area (Å²) in [6, 6.07) is 12.1. The summed E-state index contributed by atoms with van der Waals surface area (Å²) < 4.78 is 6.27. The summed E-state index contributed by atoms with van der Waals surface area (Å²) >= 11 is 1.97. The van der Waals surface area contributed by atoms with Crippen LogP contribution < -0.4 is 0 Å². The molecule has 2 aliphatic heterocycles. The normalized spacial score (nSPS) is 21.0. The van der Waals surface area contributed by atoms with Gasteiger partial charge in [-0.1, -0.05) is 30.3 Å². The van der Waals surface area contributed by atoms with Gasteiger partial charge in [0.05, 0.1) is 23.9 Å². The lowest BCUT2D eigenvalue weighted by atomic mass is 9.92. The van der Waals surface area contributed by atoms with E-state index in [-0.39, 0.29) is 16.8 Å². The van der Waals surface area contributed by atoms with Crippen molar-refractivity contribution < 1.29 is 9.53 Å². The van der Waals surface area contributed by atoms with Gasteiger partial charge in [-0.3, -0.25) is 9.78 Å². The number of carbonyl (C=O) groups excluding carboxylic acids is 1. The fourth-order valence-electron chi connectivity index (χ4n) is 3.74. The number of ether oxygens (including phenoxy) is 1.